The van der Waals surface area contributed by atoms with Gasteiger partial charge in [0, 0.05) is 23.7 Å². The number of benzene rings is 2. The Morgan fingerprint density at radius 1 is 1.14 bits per heavy atom. The third kappa shape index (κ3) is 7.01. The van der Waals surface area contributed by atoms with Crippen molar-refractivity contribution in [2.75, 3.05) is 25.6 Å². The van der Waals surface area contributed by atoms with E-state index in [0.717, 1.165) is 0 Å². The molecule has 0 unspecified atom stereocenters. The number of carbonyl (C=O) groups is 1. The van der Waals surface area contributed by atoms with Crippen molar-refractivity contribution in [3.8, 4) is 5.75 Å². The lowest BCUT2D eigenvalue weighted by Crippen LogP contribution is -2.26. The van der Waals surface area contributed by atoms with Gasteiger partial charge in [-0.25, -0.2) is 13.1 Å². The number of methoxy groups -OCH3 is 1. The van der Waals surface area contributed by atoms with Crippen molar-refractivity contribution >= 4 is 33.2 Å². The zero-order valence-electron chi connectivity index (χ0n) is 16.6. The highest BCUT2D eigenvalue weighted by atomic mass is 35.5. The fourth-order valence-electron chi connectivity index (χ4n) is 2.43. The van der Waals surface area contributed by atoms with Gasteiger partial charge in [0.05, 0.1) is 23.8 Å². The molecule has 2 aromatic carbocycles. The highest BCUT2D eigenvalue weighted by molar-refractivity contribution is 7.89. The molecule has 0 saturated carbocycles. The van der Waals surface area contributed by atoms with Gasteiger partial charge < -0.3 is 14.8 Å². The van der Waals surface area contributed by atoms with Gasteiger partial charge in [0.1, 0.15) is 5.75 Å². The van der Waals surface area contributed by atoms with Crippen molar-refractivity contribution in [1.29, 1.82) is 0 Å². The molecular weight excluding hydrogens is 416 g/mol. The maximum Gasteiger partial charge on any atom is 0.255 e. The van der Waals surface area contributed by atoms with E-state index in [-0.39, 0.29) is 23.2 Å². The molecule has 0 heterocycles. The largest absolute Gasteiger partial charge is 0.495 e. The summed E-state index contributed by atoms with van der Waals surface area (Å²) in [4.78, 5) is 12.5. The highest BCUT2D eigenvalue weighted by Crippen LogP contribution is 2.28. The lowest BCUT2D eigenvalue weighted by Gasteiger charge is -2.13. The highest BCUT2D eigenvalue weighted by Gasteiger charge is 2.18. The maximum absolute atomic E-state index is 12.6. The lowest BCUT2D eigenvalue weighted by molar-refractivity contribution is 0.0778. The second kappa shape index (κ2) is 10.6. The molecule has 0 aliphatic rings. The minimum Gasteiger partial charge on any atom is -0.495 e. The predicted molar refractivity (Wildman–Crippen MR) is 113 cm³/mol. The zero-order chi connectivity index (χ0) is 21.4. The van der Waals surface area contributed by atoms with Gasteiger partial charge in [-0.2, -0.15) is 0 Å². The van der Waals surface area contributed by atoms with Gasteiger partial charge in [0.25, 0.3) is 5.91 Å². The van der Waals surface area contributed by atoms with Crippen LogP contribution in [-0.4, -0.2) is 40.7 Å². The van der Waals surface area contributed by atoms with E-state index >= 15 is 0 Å². The van der Waals surface area contributed by atoms with E-state index < -0.39 is 15.9 Å². The van der Waals surface area contributed by atoms with Crippen LogP contribution in [0.2, 0.25) is 5.02 Å². The molecule has 0 radical (unpaired) electrons. The zero-order valence-corrected chi connectivity index (χ0v) is 18.1. The quantitative estimate of drug-likeness (QED) is 0.549. The van der Waals surface area contributed by atoms with E-state index in [1.165, 1.54) is 25.3 Å². The van der Waals surface area contributed by atoms with Gasteiger partial charge in [-0.15, -0.1) is 0 Å². The second-order valence-corrected chi connectivity index (χ2v) is 8.70. The van der Waals surface area contributed by atoms with Crippen LogP contribution in [0.3, 0.4) is 0 Å². The molecule has 0 aliphatic heterocycles. The van der Waals surface area contributed by atoms with Crippen molar-refractivity contribution < 1.29 is 22.7 Å². The molecule has 2 aromatic rings. The Labute approximate surface area is 176 Å². The average molecular weight is 441 g/mol. The summed E-state index contributed by atoms with van der Waals surface area (Å²) in [7, 11) is -2.31. The molecule has 158 valence electrons. The van der Waals surface area contributed by atoms with Crippen LogP contribution in [0.25, 0.3) is 0 Å². The molecule has 2 rings (SSSR count). The third-order valence-corrected chi connectivity index (χ3v) is 5.61. The molecule has 9 heteroatoms. The van der Waals surface area contributed by atoms with E-state index in [4.69, 9.17) is 21.1 Å². The lowest BCUT2D eigenvalue weighted by atomic mass is 10.2. The summed E-state index contributed by atoms with van der Waals surface area (Å²) in [6, 6.07) is 10.6. The Morgan fingerprint density at radius 3 is 2.45 bits per heavy atom. The summed E-state index contributed by atoms with van der Waals surface area (Å²) in [5.74, 6) is -0.0649. The van der Waals surface area contributed by atoms with Crippen LogP contribution < -0.4 is 14.8 Å². The van der Waals surface area contributed by atoms with Crippen LogP contribution in [0.5, 0.6) is 5.75 Å². The van der Waals surface area contributed by atoms with Crippen LogP contribution in [0.15, 0.2) is 47.4 Å². The molecule has 0 fully saturated rings. The monoisotopic (exact) mass is 440 g/mol. The van der Waals surface area contributed by atoms with Crippen LogP contribution in [-0.2, 0) is 14.8 Å². The topological polar surface area (TPSA) is 93.7 Å². The van der Waals surface area contributed by atoms with Gasteiger partial charge in [0.15, 0.2) is 0 Å². The second-order valence-electron chi connectivity index (χ2n) is 6.49. The molecule has 0 saturated heterocycles. The molecule has 29 heavy (non-hydrogen) atoms. The molecule has 1 amide bonds. The molecule has 0 bridgehead atoms. The van der Waals surface area contributed by atoms with E-state index in [9.17, 15) is 13.2 Å². The fraction of sp³-hybridized carbons (Fsp3) is 0.350. The summed E-state index contributed by atoms with van der Waals surface area (Å²) in [5, 5.41) is 3.19. The fourth-order valence-corrected chi connectivity index (χ4v) is 3.65. The number of hydrogen-bond donors (Lipinski definition) is 2. The minimum absolute atomic E-state index is 0.0227. The SMILES string of the molecule is COc1ccc(S(=O)(=O)NCCCOC(C)C)cc1NC(=O)c1ccc(Cl)cc1. The predicted octanol–water partition coefficient (Wildman–Crippen LogP) is 3.69. The number of rotatable bonds is 10. The van der Waals surface area contributed by atoms with Crippen molar-refractivity contribution in [3.63, 3.8) is 0 Å². The molecule has 0 aliphatic carbocycles. The molecule has 7 nitrogen and oxygen atoms in total. The first-order valence-corrected chi connectivity index (χ1v) is 11.0. The Hall–Kier alpha value is -2.13. The van der Waals surface area contributed by atoms with Crippen LogP contribution in [0.1, 0.15) is 30.6 Å². The maximum atomic E-state index is 12.6. The normalized spacial score (nSPS) is 11.5. The van der Waals surface area contributed by atoms with Crippen molar-refractivity contribution in [2.45, 2.75) is 31.3 Å². The number of anilines is 1. The number of ether oxygens (including phenoxy) is 2. The summed E-state index contributed by atoms with van der Waals surface area (Å²) in [5.41, 5.74) is 0.631. The van der Waals surface area contributed by atoms with Gasteiger partial charge in [-0.05, 0) is 62.7 Å². The third-order valence-electron chi connectivity index (χ3n) is 3.90. The van der Waals surface area contributed by atoms with E-state index in [0.29, 0.717) is 29.4 Å². The minimum atomic E-state index is -3.74. The standard InChI is InChI=1S/C20H25ClN2O5S/c1-14(2)28-12-4-11-22-29(25,26)17-9-10-19(27-3)18(13-17)23-20(24)15-5-7-16(21)8-6-15/h5-10,13-14,22H,4,11-12H2,1-3H3,(H,23,24). The Morgan fingerprint density at radius 2 is 1.83 bits per heavy atom. The number of nitrogens with one attached hydrogen (secondary N) is 2. The van der Waals surface area contributed by atoms with Crippen molar-refractivity contribution in [1.82, 2.24) is 4.72 Å². The van der Waals surface area contributed by atoms with Crippen molar-refractivity contribution in [3.05, 3.63) is 53.1 Å². The van der Waals surface area contributed by atoms with Crippen LogP contribution in [0, 0.1) is 0 Å². The van der Waals surface area contributed by atoms with Gasteiger partial charge >= 0.3 is 0 Å². The van der Waals surface area contributed by atoms with E-state index in [2.05, 4.69) is 10.0 Å². The number of sulfonamides is 1. The number of halogens is 1. The average Bonchev–Trinajstić information content (AvgIpc) is 2.67. The molecule has 0 spiro atoms. The van der Waals surface area contributed by atoms with Crippen LogP contribution in [0.4, 0.5) is 5.69 Å². The molecule has 2 N–H and O–H groups in total. The number of hydrogen-bond acceptors (Lipinski definition) is 5. The van der Waals surface area contributed by atoms with Crippen molar-refractivity contribution in [2.24, 2.45) is 0 Å². The Balaban J connectivity index is 2.12. The van der Waals surface area contributed by atoms with E-state index in [1.54, 1.807) is 24.3 Å². The molecule has 0 atom stereocenters. The number of carbonyl (C=O) groups excluding carboxylic acids is 1. The first-order chi connectivity index (χ1) is 13.7. The summed E-state index contributed by atoms with van der Waals surface area (Å²) in [6.07, 6.45) is 0.647. The summed E-state index contributed by atoms with van der Waals surface area (Å²) >= 11 is 5.84. The first-order valence-electron chi connectivity index (χ1n) is 9.09. The summed E-state index contributed by atoms with van der Waals surface area (Å²) < 4.78 is 38.3. The van der Waals surface area contributed by atoms with Gasteiger partial charge in [-0.3, -0.25) is 4.79 Å². The Kier molecular flexibility index (Phi) is 8.45. The molecule has 0 aromatic heterocycles. The first kappa shape index (κ1) is 23.2. The Bertz CT molecular complexity index is 930. The number of amides is 1. The van der Waals surface area contributed by atoms with E-state index in [1.807, 2.05) is 13.8 Å². The van der Waals surface area contributed by atoms with Gasteiger partial charge in [-0.1, -0.05) is 11.6 Å². The van der Waals surface area contributed by atoms with Gasteiger partial charge in [0.2, 0.25) is 10.0 Å². The summed E-state index contributed by atoms with van der Waals surface area (Å²) in [6.45, 7) is 4.54. The van der Waals surface area contributed by atoms with Crippen LogP contribution >= 0.6 is 11.6 Å². The molecular formula is C20H25ClN2O5S. The smallest absolute Gasteiger partial charge is 0.255 e.